The van der Waals surface area contributed by atoms with Crippen molar-refractivity contribution in [3.05, 3.63) is 66.4 Å². The van der Waals surface area contributed by atoms with E-state index in [1.54, 1.807) is 24.3 Å². The van der Waals surface area contributed by atoms with Crippen molar-refractivity contribution in [3.8, 4) is 16.9 Å². The molecule has 6 nitrogen and oxygen atoms in total. The van der Waals surface area contributed by atoms with Crippen LogP contribution in [0, 0.1) is 0 Å². The van der Waals surface area contributed by atoms with Crippen LogP contribution in [0.2, 0.25) is 0 Å². The van der Waals surface area contributed by atoms with Gasteiger partial charge in [0.2, 0.25) is 10.0 Å². The van der Waals surface area contributed by atoms with Gasteiger partial charge in [-0.1, -0.05) is 42.5 Å². The highest BCUT2D eigenvalue weighted by molar-refractivity contribution is 7.89. The van der Waals surface area contributed by atoms with Gasteiger partial charge in [-0.3, -0.25) is 4.79 Å². The van der Waals surface area contributed by atoms with Crippen LogP contribution in [0.4, 0.5) is 0 Å². The molecule has 2 N–H and O–H groups in total. The van der Waals surface area contributed by atoms with Crippen LogP contribution >= 0.6 is 0 Å². The molecule has 0 fully saturated rings. The molecular weight excluding hydrogens is 314 g/mol. The minimum Gasteiger partial charge on any atom is -0.296 e. The summed E-state index contributed by atoms with van der Waals surface area (Å²) in [5.41, 5.74) is 1.90. The second-order valence-electron chi connectivity index (χ2n) is 4.86. The lowest BCUT2D eigenvalue weighted by Crippen LogP contribution is -2.16. The van der Waals surface area contributed by atoms with E-state index in [0.717, 1.165) is 5.56 Å². The van der Waals surface area contributed by atoms with E-state index in [1.165, 1.54) is 10.7 Å². The number of aldehydes is 1. The maximum atomic E-state index is 11.8. The molecule has 7 heteroatoms. The van der Waals surface area contributed by atoms with Crippen molar-refractivity contribution in [3.63, 3.8) is 0 Å². The van der Waals surface area contributed by atoms with Gasteiger partial charge in [-0.25, -0.2) is 18.2 Å². The minimum atomic E-state index is -3.93. The van der Waals surface area contributed by atoms with Crippen molar-refractivity contribution < 1.29 is 13.2 Å². The summed E-state index contributed by atoms with van der Waals surface area (Å²) in [6, 6.07) is 17.1. The topological polar surface area (TPSA) is 95.1 Å². The molecule has 0 atom stereocenters. The Morgan fingerprint density at radius 1 is 1.00 bits per heavy atom. The molecule has 116 valence electrons. The Balaban J connectivity index is 2.30. The van der Waals surface area contributed by atoms with Crippen LogP contribution in [0.15, 0.2) is 65.6 Å². The van der Waals surface area contributed by atoms with Crippen LogP contribution in [0.5, 0.6) is 0 Å². The van der Waals surface area contributed by atoms with Gasteiger partial charge in [-0.15, -0.1) is 0 Å². The molecule has 0 bridgehead atoms. The summed E-state index contributed by atoms with van der Waals surface area (Å²) < 4.78 is 25.1. The maximum Gasteiger partial charge on any atom is 0.240 e. The molecular formula is C16H13N3O3S. The van der Waals surface area contributed by atoms with Crippen LogP contribution in [0.3, 0.4) is 0 Å². The van der Waals surface area contributed by atoms with Crippen molar-refractivity contribution in [2.45, 2.75) is 4.90 Å². The van der Waals surface area contributed by atoms with Crippen LogP contribution in [-0.4, -0.2) is 24.5 Å². The molecule has 0 saturated heterocycles. The molecule has 0 saturated carbocycles. The van der Waals surface area contributed by atoms with Crippen molar-refractivity contribution in [1.82, 2.24) is 9.78 Å². The number of hydrogen-bond acceptors (Lipinski definition) is 4. The number of primary sulfonamides is 1. The standard InChI is InChI=1S/C16H13N3O3S/c17-23(21,22)16-9-5-4-8-14(16)19-15(10-13(11-20)18-19)12-6-2-1-3-7-12/h1-11H,(H2,17,21,22). The first-order chi connectivity index (χ1) is 11.0. The average Bonchev–Trinajstić information content (AvgIpc) is 2.99. The summed E-state index contributed by atoms with van der Waals surface area (Å²) in [4.78, 5) is 11.0. The van der Waals surface area contributed by atoms with Crippen molar-refractivity contribution in [2.24, 2.45) is 5.14 Å². The monoisotopic (exact) mass is 327 g/mol. The number of rotatable bonds is 4. The van der Waals surface area contributed by atoms with E-state index in [1.807, 2.05) is 30.3 Å². The molecule has 3 aromatic rings. The SMILES string of the molecule is NS(=O)(=O)c1ccccc1-n1nc(C=O)cc1-c1ccccc1. The zero-order chi connectivity index (χ0) is 16.4. The number of carbonyl (C=O) groups excluding carboxylic acids is 1. The predicted molar refractivity (Wildman–Crippen MR) is 85.8 cm³/mol. The fourth-order valence-electron chi connectivity index (χ4n) is 2.33. The number of nitrogens with zero attached hydrogens (tertiary/aromatic N) is 2. The lowest BCUT2D eigenvalue weighted by Gasteiger charge is -2.11. The van der Waals surface area contributed by atoms with Crippen LogP contribution in [0.1, 0.15) is 10.5 Å². The molecule has 0 unspecified atom stereocenters. The van der Waals surface area contributed by atoms with E-state index in [2.05, 4.69) is 5.10 Å². The summed E-state index contributed by atoms with van der Waals surface area (Å²) >= 11 is 0. The molecule has 3 rings (SSSR count). The average molecular weight is 327 g/mol. The Kier molecular flexibility index (Phi) is 3.81. The van der Waals surface area contributed by atoms with E-state index in [9.17, 15) is 13.2 Å². The first kappa shape index (κ1) is 15.1. The molecule has 0 aliphatic rings. The molecule has 1 heterocycles. The molecule has 1 aromatic heterocycles. The van der Waals surface area contributed by atoms with E-state index < -0.39 is 10.0 Å². The third kappa shape index (κ3) is 2.92. The Morgan fingerprint density at radius 3 is 2.30 bits per heavy atom. The number of aromatic nitrogens is 2. The lowest BCUT2D eigenvalue weighted by molar-refractivity contribution is 0.111. The highest BCUT2D eigenvalue weighted by atomic mass is 32.2. The van der Waals surface area contributed by atoms with Crippen molar-refractivity contribution in [2.75, 3.05) is 0 Å². The molecule has 2 aromatic carbocycles. The van der Waals surface area contributed by atoms with Gasteiger partial charge in [0.25, 0.3) is 0 Å². The lowest BCUT2D eigenvalue weighted by atomic mass is 10.1. The van der Waals surface area contributed by atoms with E-state index in [-0.39, 0.29) is 10.6 Å². The van der Waals surface area contributed by atoms with Crippen LogP contribution < -0.4 is 5.14 Å². The van der Waals surface area contributed by atoms with Gasteiger partial charge in [0.1, 0.15) is 10.6 Å². The normalized spacial score (nSPS) is 11.3. The van der Waals surface area contributed by atoms with Gasteiger partial charge in [0.15, 0.2) is 6.29 Å². The van der Waals surface area contributed by atoms with E-state index in [4.69, 9.17) is 5.14 Å². The first-order valence-electron chi connectivity index (χ1n) is 6.73. The highest BCUT2D eigenvalue weighted by Crippen LogP contribution is 2.26. The fraction of sp³-hybridized carbons (Fsp3) is 0. The van der Waals surface area contributed by atoms with Gasteiger partial charge in [0.05, 0.1) is 11.4 Å². The fourth-order valence-corrected chi connectivity index (χ4v) is 3.04. The summed E-state index contributed by atoms with van der Waals surface area (Å²) in [6.45, 7) is 0. The second-order valence-corrected chi connectivity index (χ2v) is 6.39. The summed E-state index contributed by atoms with van der Waals surface area (Å²) in [5, 5.41) is 9.46. The summed E-state index contributed by atoms with van der Waals surface area (Å²) in [7, 11) is -3.93. The number of para-hydroxylation sites is 1. The Bertz CT molecular complexity index is 963. The molecule has 0 amide bonds. The first-order valence-corrected chi connectivity index (χ1v) is 8.28. The van der Waals surface area contributed by atoms with Gasteiger partial charge in [-0.2, -0.15) is 5.10 Å². The smallest absolute Gasteiger partial charge is 0.240 e. The van der Waals surface area contributed by atoms with Crippen molar-refractivity contribution >= 4 is 16.3 Å². The third-order valence-corrected chi connectivity index (χ3v) is 4.28. The maximum absolute atomic E-state index is 11.8. The third-order valence-electron chi connectivity index (χ3n) is 3.32. The Hall–Kier alpha value is -2.77. The second kappa shape index (κ2) is 5.79. The van der Waals surface area contributed by atoms with E-state index >= 15 is 0 Å². The predicted octanol–water partition coefficient (Wildman–Crippen LogP) is 2.00. The molecule has 0 aliphatic carbocycles. The summed E-state index contributed by atoms with van der Waals surface area (Å²) in [5.74, 6) is 0. The van der Waals surface area contributed by atoms with Gasteiger partial charge >= 0.3 is 0 Å². The zero-order valence-electron chi connectivity index (χ0n) is 12.0. The number of carbonyl (C=O) groups is 1. The minimum absolute atomic E-state index is 0.0577. The Morgan fingerprint density at radius 2 is 1.65 bits per heavy atom. The van der Waals surface area contributed by atoms with Gasteiger partial charge < -0.3 is 0 Å². The number of nitrogens with two attached hydrogens (primary N) is 1. The summed E-state index contributed by atoms with van der Waals surface area (Å²) in [6.07, 6.45) is 0.614. The molecule has 23 heavy (non-hydrogen) atoms. The number of benzene rings is 2. The largest absolute Gasteiger partial charge is 0.296 e. The van der Waals surface area contributed by atoms with Crippen LogP contribution in [0.25, 0.3) is 16.9 Å². The van der Waals surface area contributed by atoms with E-state index in [0.29, 0.717) is 17.7 Å². The highest BCUT2D eigenvalue weighted by Gasteiger charge is 2.19. The number of sulfonamides is 1. The van der Waals surface area contributed by atoms with Crippen molar-refractivity contribution in [1.29, 1.82) is 0 Å². The zero-order valence-corrected chi connectivity index (χ0v) is 12.8. The molecule has 0 radical (unpaired) electrons. The Labute approximate surface area is 133 Å². The molecule has 0 aliphatic heterocycles. The quantitative estimate of drug-likeness (QED) is 0.741. The van der Waals surface area contributed by atoms with Gasteiger partial charge in [0, 0.05) is 5.56 Å². The molecule has 0 spiro atoms. The van der Waals surface area contributed by atoms with Crippen LogP contribution in [-0.2, 0) is 10.0 Å². The van der Waals surface area contributed by atoms with Gasteiger partial charge in [-0.05, 0) is 18.2 Å². The number of hydrogen-bond donors (Lipinski definition) is 1.